The molecule has 0 aromatic rings. The summed E-state index contributed by atoms with van der Waals surface area (Å²) >= 11 is 0. The van der Waals surface area contributed by atoms with Crippen molar-refractivity contribution >= 4 is 5.78 Å². The van der Waals surface area contributed by atoms with Gasteiger partial charge < -0.3 is 4.74 Å². The van der Waals surface area contributed by atoms with E-state index in [-0.39, 0.29) is 5.78 Å². The van der Waals surface area contributed by atoms with Gasteiger partial charge in [-0.2, -0.15) is 0 Å². The second-order valence-electron chi connectivity index (χ2n) is 1.84. The number of ether oxygens (including phenoxy) is 1. The second kappa shape index (κ2) is 4.13. The van der Waals surface area contributed by atoms with Gasteiger partial charge >= 0.3 is 0 Å². The van der Waals surface area contributed by atoms with Crippen LogP contribution in [0.15, 0.2) is 11.8 Å². The van der Waals surface area contributed by atoms with Crippen LogP contribution in [0.1, 0.15) is 20.3 Å². The Morgan fingerprint density at radius 1 is 1.67 bits per heavy atom. The molecular weight excluding hydrogens is 116 g/mol. The molecule has 0 saturated heterocycles. The Kier molecular flexibility index (Phi) is 3.76. The maximum Gasteiger partial charge on any atom is 0.137 e. The number of carbonyl (C=O) groups is 1. The molecule has 0 aromatic carbocycles. The lowest BCUT2D eigenvalue weighted by Gasteiger charge is -2.00. The van der Waals surface area contributed by atoms with Gasteiger partial charge in [0.15, 0.2) is 0 Å². The maximum absolute atomic E-state index is 10.5. The highest BCUT2D eigenvalue weighted by Crippen LogP contribution is 2.00. The zero-order valence-electron chi connectivity index (χ0n) is 6.10. The third-order valence-electron chi connectivity index (χ3n) is 1.01. The van der Waals surface area contributed by atoms with Gasteiger partial charge in [-0.05, 0) is 19.9 Å². The van der Waals surface area contributed by atoms with Crippen molar-refractivity contribution in [3.63, 3.8) is 0 Å². The lowest BCUT2D eigenvalue weighted by molar-refractivity contribution is -0.116. The Bertz CT molecular complexity index is 125. The fraction of sp³-hybridized carbons (Fsp3) is 0.571. The number of hydrogen-bond acceptors (Lipinski definition) is 2. The van der Waals surface area contributed by atoms with Crippen molar-refractivity contribution < 1.29 is 9.53 Å². The Hall–Kier alpha value is -0.790. The molecule has 0 atom stereocenters. The molecule has 0 spiro atoms. The average molecular weight is 128 g/mol. The van der Waals surface area contributed by atoms with Gasteiger partial charge in [0.2, 0.25) is 0 Å². The first kappa shape index (κ1) is 8.21. The molecule has 0 bridgehead atoms. The van der Waals surface area contributed by atoms with E-state index in [4.69, 9.17) is 4.74 Å². The largest absolute Gasteiger partial charge is 0.501 e. The van der Waals surface area contributed by atoms with Crippen molar-refractivity contribution in [1.29, 1.82) is 0 Å². The number of allylic oxidation sites excluding steroid dienone is 2. The van der Waals surface area contributed by atoms with E-state index in [1.54, 1.807) is 20.1 Å². The van der Waals surface area contributed by atoms with Crippen molar-refractivity contribution in [3.8, 4) is 0 Å². The van der Waals surface area contributed by atoms with E-state index in [0.717, 1.165) is 5.76 Å². The smallest absolute Gasteiger partial charge is 0.137 e. The molecule has 0 aliphatic rings. The summed E-state index contributed by atoms with van der Waals surface area (Å²) in [6.45, 7) is 3.39. The van der Waals surface area contributed by atoms with Crippen LogP contribution < -0.4 is 0 Å². The predicted molar refractivity (Wildman–Crippen MR) is 36.1 cm³/mol. The molecule has 0 N–H and O–H groups in total. The number of rotatable bonds is 3. The molecule has 2 heteroatoms. The standard InChI is InChI=1S/C7H12O2/c1-4-7(9-3)5-6(2)8/h4H,5H2,1-3H3/b7-4-. The quantitative estimate of drug-likeness (QED) is 0.538. The van der Waals surface area contributed by atoms with Gasteiger partial charge in [0.1, 0.15) is 5.78 Å². The summed E-state index contributed by atoms with van der Waals surface area (Å²) in [5.74, 6) is 0.868. The average Bonchev–Trinajstić information content (AvgIpc) is 1.82. The molecule has 2 nitrogen and oxygen atoms in total. The zero-order chi connectivity index (χ0) is 7.28. The lowest BCUT2D eigenvalue weighted by atomic mass is 10.2. The van der Waals surface area contributed by atoms with E-state index >= 15 is 0 Å². The summed E-state index contributed by atoms with van der Waals surface area (Å²) in [5.41, 5.74) is 0. The normalized spacial score (nSPS) is 11.2. The van der Waals surface area contributed by atoms with Crippen LogP contribution >= 0.6 is 0 Å². The molecular formula is C7H12O2. The third-order valence-corrected chi connectivity index (χ3v) is 1.01. The minimum absolute atomic E-state index is 0.130. The van der Waals surface area contributed by atoms with Gasteiger partial charge in [-0.15, -0.1) is 0 Å². The van der Waals surface area contributed by atoms with Gasteiger partial charge in [-0.1, -0.05) is 0 Å². The first-order chi connectivity index (χ1) is 4.20. The van der Waals surface area contributed by atoms with Crippen LogP contribution in [0.4, 0.5) is 0 Å². The number of methoxy groups -OCH3 is 1. The van der Waals surface area contributed by atoms with E-state index in [1.807, 2.05) is 6.92 Å². The first-order valence-corrected chi connectivity index (χ1v) is 2.89. The van der Waals surface area contributed by atoms with Crippen LogP contribution in [0.25, 0.3) is 0 Å². The van der Waals surface area contributed by atoms with Gasteiger partial charge in [-0.3, -0.25) is 4.79 Å². The van der Waals surface area contributed by atoms with Gasteiger partial charge in [0.25, 0.3) is 0 Å². The molecule has 0 unspecified atom stereocenters. The Labute approximate surface area is 55.5 Å². The van der Waals surface area contributed by atoms with E-state index in [0.29, 0.717) is 6.42 Å². The predicted octanol–water partition coefficient (Wildman–Crippen LogP) is 1.52. The minimum Gasteiger partial charge on any atom is -0.501 e. The number of Topliss-reactive ketones (excluding diaryl/α,β-unsaturated/α-hetero) is 1. The Morgan fingerprint density at radius 3 is 2.33 bits per heavy atom. The lowest BCUT2D eigenvalue weighted by Crippen LogP contribution is -1.94. The second-order valence-corrected chi connectivity index (χ2v) is 1.84. The summed E-state index contributed by atoms with van der Waals surface area (Å²) in [5, 5.41) is 0. The van der Waals surface area contributed by atoms with Crippen LogP contribution in [-0.4, -0.2) is 12.9 Å². The molecule has 0 aliphatic carbocycles. The first-order valence-electron chi connectivity index (χ1n) is 2.89. The Balaban J connectivity index is 3.71. The molecule has 0 amide bonds. The van der Waals surface area contributed by atoms with Crippen LogP contribution in [-0.2, 0) is 9.53 Å². The molecule has 0 aliphatic heterocycles. The van der Waals surface area contributed by atoms with Gasteiger partial charge in [-0.25, -0.2) is 0 Å². The van der Waals surface area contributed by atoms with Crippen molar-refractivity contribution in [2.75, 3.05) is 7.11 Å². The SMILES string of the molecule is C/C=C(/CC(C)=O)OC. The van der Waals surface area contributed by atoms with E-state index in [2.05, 4.69) is 0 Å². The highest BCUT2D eigenvalue weighted by molar-refractivity contribution is 5.77. The number of ketones is 1. The Morgan fingerprint density at radius 2 is 2.22 bits per heavy atom. The van der Waals surface area contributed by atoms with Crippen molar-refractivity contribution in [1.82, 2.24) is 0 Å². The molecule has 0 radical (unpaired) electrons. The van der Waals surface area contributed by atoms with Crippen LogP contribution in [0.5, 0.6) is 0 Å². The van der Waals surface area contributed by atoms with E-state index in [1.165, 1.54) is 0 Å². The molecule has 0 saturated carbocycles. The van der Waals surface area contributed by atoms with Crippen molar-refractivity contribution in [2.24, 2.45) is 0 Å². The summed E-state index contributed by atoms with van der Waals surface area (Å²) in [6, 6.07) is 0. The number of hydrogen-bond donors (Lipinski definition) is 0. The zero-order valence-corrected chi connectivity index (χ0v) is 6.10. The highest BCUT2D eigenvalue weighted by Gasteiger charge is 1.97. The summed E-state index contributed by atoms with van der Waals surface area (Å²) in [6.07, 6.45) is 2.20. The minimum atomic E-state index is 0.130. The number of carbonyl (C=O) groups excluding carboxylic acids is 1. The summed E-state index contributed by atoms with van der Waals surface area (Å²) in [7, 11) is 1.57. The molecule has 0 fully saturated rings. The summed E-state index contributed by atoms with van der Waals surface area (Å²) in [4.78, 5) is 10.5. The topological polar surface area (TPSA) is 26.3 Å². The van der Waals surface area contributed by atoms with Crippen LogP contribution in [0.3, 0.4) is 0 Å². The fourth-order valence-electron chi connectivity index (χ4n) is 0.537. The van der Waals surface area contributed by atoms with Crippen molar-refractivity contribution in [2.45, 2.75) is 20.3 Å². The monoisotopic (exact) mass is 128 g/mol. The van der Waals surface area contributed by atoms with Crippen LogP contribution in [0.2, 0.25) is 0 Å². The molecule has 0 aromatic heterocycles. The van der Waals surface area contributed by atoms with Crippen LogP contribution in [0, 0.1) is 0 Å². The van der Waals surface area contributed by atoms with E-state index in [9.17, 15) is 4.79 Å². The third kappa shape index (κ3) is 3.76. The van der Waals surface area contributed by atoms with Gasteiger partial charge in [0.05, 0.1) is 19.3 Å². The van der Waals surface area contributed by atoms with Gasteiger partial charge in [0, 0.05) is 0 Å². The fourth-order valence-corrected chi connectivity index (χ4v) is 0.537. The highest BCUT2D eigenvalue weighted by atomic mass is 16.5. The van der Waals surface area contributed by atoms with E-state index < -0.39 is 0 Å². The molecule has 0 heterocycles. The molecule has 0 rings (SSSR count). The maximum atomic E-state index is 10.5. The molecule has 9 heavy (non-hydrogen) atoms. The molecule has 52 valence electrons. The summed E-state index contributed by atoms with van der Waals surface area (Å²) < 4.78 is 4.85. The van der Waals surface area contributed by atoms with Crippen molar-refractivity contribution in [3.05, 3.63) is 11.8 Å².